The van der Waals surface area contributed by atoms with Crippen molar-refractivity contribution in [1.29, 1.82) is 0 Å². The first-order valence-corrected chi connectivity index (χ1v) is 6.57. The zero-order valence-corrected chi connectivity index (χ0v) is 11.0. The number of rotatable bonds is 2. The molecule has 7 nitrogen and oxygen atoms in total. The number of amides is 2. The highest BCUT2D eigenvalue weighted by Gasteiger charge is 2.39. The SMILES string of the molecule is CC1COC(CO)CN1C(=O)N1CCC[C@H]1C(=O)O. The summed E-state index contributed by atoms with van der Waals surface area (Å²) in [6, 6.07) is -1.10. The number of ether oxygens (including phenoxy) is 1. The summed E-state index contributed by atoms with van der Waals surface area (Å²) in [5.41, 5.74) is 0. The molecule has 2 heterocycles. The van der Waals surface area contributed by atoms with Crippen molar-refractivity contribution in [3.05, 3.63) is 0 Å². The van der Waals surface area contributed by atoms with Crippen LogP contribution in [-0.2, 0) is 9.53 Å². The smallest absolute Gasteiger partial charge is 0.326 e. The molecule has 2 aliphatic rings. The predicted octanol–water partition coefficient (Wildman–Crippen LogP) is -0.263. The van der Waals surface area contributed by atoms with Crippen LogP contribution in [0.5, 0.6) is 0 Å². The molecule has 2 saturated heterocycles. The van der Waals surface area contributed by atoms with Gasteiger partial charge in [-0.15, -0.1) is 0 Å². The summed E-state index contributed by atoms with van der Waals surface area (Å²) in [5, 5.41) is 18.2. The number of aliphatic hydroxyl groups excluding tert-OH is 1. The maximum absolute atomic E-state index is 12.4. The van der Waals surface area contributed by atoms with Crippen LogP contribution < -0.4 is 0 Å². The number of nitrogens with zero attached hydrogens (tertiary/aromatic N) is 2. The van der Waals surface area contributed by atoms with Crippen LogP contribution in [0.3, 0.4) is 0 Å². The molecule has 2 unspecified atom stereocenters. The number of carbonyl (C=O) groups excluding carboxylic acids is 1. The average Bonchev–Trinajstić information content (AvgIpc) is 2.88. The van der Waals surface area contributed by atoms with E-state index in [-0.39, 0.29) is 24.8 Å². The van der Waals surface area contributed by atoms with Gasteiger partial charge in [0.25, 0.3) is 0 Å². The number of likely N-dealkylation sites (tertiary alicyclic amines) is 1. The lowest BCUT2D eigenvalue weighted by molar-refractivity contribution is -0.141. The van der Waals surface area contributed by atoms with Crippen molar-refractivity contribution in [3.63, 3.8) is 0 Å². The Kier molecular flexibility index (Phi) is 4.26. The van der Waals surface area contributed by atoms with Crippen molar-refractivity contribution in [2.24, 2.45) is 0 Å². The second-order valence-electron chi connectivity index (χ2n) is 5.11. The second kappa shape index (κ2) is 5.75. The zero-order valence-electron chi connectivity index (χ0n) is 11.0. The number of aliphatic hydroxyl groups is 1. The second-order valence-corrected chi connectivity index (χ2v) is 5.11. The molecule has 0 spiro atoms. The van der Waals surface area contributed by atoms with Crippen LogP contribution in [0.25, 0.3) is 0 Å². The third-order valence-electron chi connectivity index (χ3n) is 3.74. The molecule has 2 N–H and O–H groups in total. The van der Waals surface area contributed by atoms with Gasteiger partial charge in [0.1, 0.15) is 6.04 Å². The van der Waals surface area contributed by atoms with Gasteiger partial charge in [0.15, 0.2) is 0 Å². The van der Waals surface area contributed by atoms with Crippen LogP contribution in [0, 0.1) is 0 Å². The number of hydrogen-bond acceptors (Lipinski definition) is 4. The topological polar surface area (TPSA) is 90.3 Å². The molecule has 0 aromatic heterocycles. The number of aliphatic carboxylic acids is 1. The normalized spacial score (nSPS) is 31.6. The maximum atomic E-state index is 12.4. The van der Waals surface area contributed by atoms with Crippen LogP contribution in [0.2, 0.25) is 0 Å². The molecule has 2 aliphatic heterocycles. The van der Waals surface area contributed by atoms with Gasteiger partial charge in [-0.2, -0.15) is 0 Å². The highest BCUT2D eigenvalue weighted by atomic mass is 16.5. The largest absolute Gasteiger partial charge is 0.480 e. The van der Waals surface area contributed by atoms with Gasteiger partial charge in [0, 0.05) is 6.54 Å². The summed E-state index contributed by atoms with van der Waals surface area (Å²) in [5.74, 6) is -0.953. The van der Waals surface area contributed by atoms with E-state index in [9.17, 15) is 9.59 Å². The summed E-state index contributed by atoms with van der Waals surface area (Å²) >= 11 is 0. The van der Waals surface area contributed by atoms with Gasteiger partial charge in [-0.05, 0) is 19.8 Å². The molecule has 19 heavy (non-hydrogen) atoms. The lowest BCUT2D eigenvalue weighted by Gasteiger charge is -2.40. The molecule has 0 aromatic rings. The van der Waals surface area contributed by atoms with E-state index in [0.29, 0.717) is 32.5 Å². The summed E-state index contributed by atoms with van der Waals surface area (Å²) in [6.07, 6.45) is 0.833. The molecule has 0 aromatic carbocycles. The third-order valence-corrected chi connectivity index (χ3v) is 3.74. The Hall–Kier alpha value is -1.34. The van der Waals surface area contributed by atoms with Crippen molar-refractivity contribution >= 4 is 12.0 Å². The quantitative estimate of drug-likeness (QED) is 0.722. The molecular formula is C12H20N2O5. The van der Waals surface area contributed by atoms with E-state index in [1.54, 1.807) is 4.90 Å². The van der Waals surface area contributed by atoms with Crippen LogP contribution >= 0.6 is 0 Å². The van der Waals surface area contributed by atoms with Crippen LogP contribution in [-0.4, -0.2) is 76.5 Å². The van der Waals surface area contributed by atoms with E-state index in [4.69, 9.17) is 14.9 Å². The van der Waals surface area contributed by atoms with Gasteiger partial charge in [0.2, 0.25) is 0 Å². The summed E-state index contributed by atoms with van der Waals surface area (Å²) in [6.45, 7) is 2.86. The van der Waals surface area contributed by atoms with E-state index in [1.165, 1.54) is 4.90 Å². The standard InChI is InChI=1S/C12H20N2O5/c1-8-7-19-9(6-15)5-14(8)12(18)13-4-2-3-10(13)11(16)17/h8-10,15H,2-7H2,1H3,(H,16,17)/t8?,9?,10-/m0/s1. The fourth-order valence-electron chi connectivity index (χ4n) is 2.61. The number of hydrogen-bond donors (Lipinski definition) is 2. The molecule has 0 bridgehead atoms. The molecule has 7 heteroatoms. The van der Waals surface area contributed by atoms with Crippen molar-refractivity contribution in [3.8, 4) is 0 Å². The molecule has 2 fully saturated rings. The minimum atomic E-state index is -0.953. The Bertz CT molecular complexity index is 362. The fraction of sp³-hybridized carbons (Fsp3) is 0.833. The monoisotopic (exact) mass is 272 g/mol. The lowest BCUT2D eigenvalue weighted by atomic mass is 10.2. The number of carbonyl (C=O) groups is 2. The Morgan fingerprint density at radius 2 is 2.11 bits per heavy atom. The number of carboxylic acids is 1. The highest BCUT2D eigenvalue weighted by molar-refractivity contribution is 5.83. The van der Waals surface area contributed by atoms with E-state index >= 15 is 0 Å². The first-order valence-electron chi connectivity index (χ1n) is 6.57. The minimum absolute atomic E-state index is 0.106. The van der Waals surface area contributed by atoms with Crippen molar-refractivity contribution in [1.82, 2.24) is 9.80 Å². The third kappa shape index (κ3) is 2.82. The molecule has 2 rings (SSSR count). The Morgan fingerprint density at radius 1 is 1.37 bits per heavy atom. The number of urea groups is 1. The fourth-order valence-corrected chi connectivity index (χ4v) is 2.61. The molecule has 2 amide bonds. The number of carboxylic acid groups (broad SMARTS) is 1. The molecule has 0 radical (unpaired) electrons. The number of morpholine rings is 1. The van der Waals surface area contributed by atoms with Gasteiger partial charge in [0.05, 0.1) is 31.9 Å². The molecule has 3 atom stereocenters. The van der Waals surface area contributed by atoms with Crippen LogP contribution in [0.15, 0.2) is 0 Å². The van der Waals surface area contributed by atoms with Gasteiger partial charge in [-0.3, -0.25) is 0 Å². The predicted molar refractivity (Wildman–Crippen MR) is 65.8 cm³/mol. The van der Waals surface area contributed by atoms with Gasteiger partial charge >= 0.3 is 12.0 Å². The van der Waals surface area contributed by atoms with Gasteiger partial charge in [-0.25, -0.2) is 9.59 Å². The van der Waals surface area contributed by atoms with E-state index in [0.717, 1.165) is 0 Å². The van der Waals surface area contributed by atoms with Crippen molar-refractivity contribution in [2.45, 2.75) is 38.0 Å². The van der Waals surface area contributed by atoms with Crippen LogP contribution in [0.4, 0.5) is 4.79 Å². The maximum Gasteiger partial charge on any atom is 0.326 e. The lowest BCUT2D eigenvalue weighted by Crippen LogP contribution is -2.57. The van der Waals surface area contributed by atoms with Gasteiger partial charge in [-0.1, -0.05) is 0 Å². The summed E-state index contributed by atoms with van der Waals surface area (Å²) in [7, 11) is 0. The average molecular weight is 272 g/mol. The van der Waals surface area contributed by atoms with E-state index in [1.807, 2.05) is 6.92 Å². The van der Waals surface area contributed by atoms with Crippen molar-refractivity contribution < 1.29 is 24.5 Å². The zero-order chi connectivity index (χ0) is 14.0. The van der Waals surface area contributed by atoms with Gasteiger partial charge < -0.3 is 24.7 Å². The summed E-state index contributed by atoms with van der Waals surface area (Å²) in [4.78, 5) is 26.6. The van der Waals surface area contributed by atoms with Crippen molar-refractivity contribution in [2.75, 3.05) is 26.3 Å². The van der Waals surface area contributed by atoms with Crippen LogP contribution in [0.1, 0.15) is 19.8 Å². The molecular weight excluding hydrogens is 252 g/mol. The molecule has 0 aliphatic carbocycles. The minimum Gasteiger partial charge on any atom is -0.480 e. The van der Waals surface area contributed by atoms with E-state index < -0.39 is 12.0 Å². The Morgan fingerprint density at radius 3 is 2.74 bits per heavy atom. The summed E-state index contributed by atoms with van der Waals surface area (Å²) < 4.78 is 5.38. The molecule has 0 saturated carbocycles. The molecule has 108 valence electrons. The van der Waals surface area contributed by atoms with E-state index in [2.05, 4.69) is 0 Å². The Balaban J connectivity index is 2.07. The highest BCUT2D eigenvalue weighted by Crippen LogP contribution is 2.22. The first-order chi connectivity index (χ1) is 9.04. The first kappa shape index (κ1) is 14.1. The Labute approximate surface area is 111 Å².